The second-order valence-corrected chi connectivity index (χ2v) is 8.47. The lowest BCUT2D eigenvalue weighted by Gasteiger charge is -2.21. The van der Waals surface area contributed by atoms with Gasteiger partial charge in [0.2, 0.25) is 0 Å². The van der Waals surface area contributed by atoms with Gasteiger partial charge in [-0.15, -0.1) is 0 Å². The first kappa shape index (κ1) is 17.8. The highest BCUT2D eigenvalue weighted by Gasteiger charge is 2.18. The number of imidazole rings is 1. The minimum atomic E-state index is -0.0554. The Balaban J connectivity index is 1.68. The molecule has 0 aliphatic heterocycles. The number of benzene rings is 1. The molecule has 0 radical (unpaired) electrons. The predicted molar refractivity (Wildman–Crippen MR) is 116 cm³/mol. The standard InChI is InChI=1S/C22H19ClN6/c1-22(2,3)29-12-27-17-5-4-13(7-19(17)29)16-10-25-21-20(16)28-18(11-26-21)14-6-15(23)9-24-8-14/h4-12H,1-3H3,(H,25,26). The molecule has 0 aliphatic rings. The molecule has 0 amide bonds. The Kier molecular flexibility index (Phi) is 3.93. The summed E-state index contributed by atoms with van der Waals surface area (Å²) in [5.41, 5.74) is 7.17. The van der Waals surface area contributed by atoms with Gasteiger partial charge in [-0.2, -0.15) is 0 Å². The topological polar surface area (TPSA) is 72.3 Å². The summed E-state index contributed by atoms with van der Waals surface area (Å²) in [6, 6.07) is 8.11. The Labute approximate surface area is 172 Å². The van der Waals surface area contributed by atoms with E-state index in [0.29, 0.717) is 5.02 Å². The molecule has 5 aromatic rings. The van der Waals surface area contributed by atoms with Crippen molar-refractivity contribution in [3.05, 3.63) is 60.4 Å². The van der Waals surface area contributed by atoms with Crippen molar-refractivity contribution in [1.29, 1.82) is 0 Å². The van der Waals surface area contributed by atoms with Crippen LogP contribution >= 0.6 is 11.6 Å². The molecule has 0 bridgehead atoms. The third-order valence-electron chi connectivity index (χ3n) is 4.96. The van der Waals surface area contributed by atoms with Crippen molar-refractivity contribution in [3.63, 3.8) is 0 Å². The van der Waals surface area contributed by atoms with Crippen molar-refractivity contribution in [2.24, 2.45) is 0 Å². The van der Waals surface area contributed by atoms with E-state index in [4.69, 9.17) is 16.6 Å². The van der Waals surface area contributed by atoms with Gasteiger partial charge in [-0.05, 0) is 44.5 Å². The van der Waals surface area contributed by atoms with Crippen LogP contribution in [0.5, 0.6) is 0 Å². The Morgan fingerprint density at radius 1 is 1.00 bits per heavy atom. The third-order valence-corrected chi connectivity index (χ3v) is 5.17. The maximum atomic E-state index is 6.09. The van der Waals surface area contributed by atoms with E-state index in [2.05, 4.69) is 57.4 Å². The van der Waals surface area contributed by atoms with Crippen molar-refractivity contribution in [3.8, 4) is 22.4 Å². The molecule has 4 aromatic heterocycles. The second-order valence-electron chi connectivity index (χ2n) is 8.04. The van der Waals surface area contributed by atoms with E-state index in [9.17, 15) is 0 Å². The number of pyridine rings is 1. The molecular weight excluding hydrogens is 384 g/mol. The number of hydrogen-bond acceptors (Lipinski definition) is 4. The maximum Gasteiger partial charge on any atom is 0.156 e. The number of H-pyrrole nitrogens is 1. The van der Waals surface area contributed by atoms with E-state index >= 15 is 0 Å². The maximum absolute atomic E-state index is 6.09. The van der Waals surface area contributed by atoms with Gasteiger partial charge in [0.05, 0.1) is 34.3 Å². The summed E-state index contributed by atoms with van der Waals surface area (Å²) >= 11 is 6.09. The average Bonchev–Trinajstić information content (AvgIpc) is 3.30. The van der Waals surface area contributed by atoms with E-state index in [1.807, 2.05) is 24.7 Å². The normalized spacial score (nSPS) is 12.1. The summed E-state index contributed by atoms with van der Waals surface area (Å²) in [4.78, 5) is 21.3. The number of rotatable bonds is 2. The van der Waals surface area contributed by atoms with E-state index in [1.54, 1.807) is 18.6 Å². The Bertz CT molecular complexity index is 1360. The molecule has 1 aromatic carbocycles. The first-order chi connectivity index (χ1) is 13.9. The molecule has 0 aliphatic carbocycles. The zero-order valence-electron chi connectivity index (χ0n) is 16.3. The molecule has 4 heterocycles. The molecule has 144 valence electrons. The largest absolute Gasteiger partial charge is 0.344 e. The smallest absolute Gasteiger partial charge is 0.156 e. The number of aromatic amines is 1. The van der Waals surface area contributed by atoms with Gasteiger partial charge in [-0.3, -0.25) is 4.98 Å². The fourth-order valence-electron chi connectivity index (χ4n) is 3.51. The lowest BCUT2D eigenvalue weighted by atomic mass is 10.1. The third kappa shape index (κ3) is 3.06. The quantitative estimate of drug-likeness (QED) is 0.426. The molecule has 0 unspecified atom stereocenters. The van der Waals surface area contributed by atoms with Crippen molar-refractivity contribution in [1.82, 2.24) is 29.5 Å². The molecule has 6 nitrogen and oxygen atoms in total. The molecule has 0 fully saturated rings. The van der Waals surface area contributed by atoms with Crippen LogP contribution < -0.4 is 0 Å². The van der Waals surface area contributed by atoms with Crippen molar-refractivity contribution in [2.45, 2.75) is 26.3 Å². The highest BCUT2D eigenvalue weighted by molar-refractivity contribution is 6.30. The number of halogens is 1. The van der Waals surface area contributed by atoms with E-state index < -0.39 is 0 Å². The van der Waals surface area contributed by atoms with Crippen LogP contribution in [0.3, 0.4) is 0 Å². The molecule has 29 heavy (non-hydrogen) atoms. The van der Waals surface area contributed by atoms with E-state index in [1.165, 1.54) is 0 Å². The number of nitrogens with zero attached hydrogens (tertiary/aromatic N) is 5. The molecule has 0 atom stereocenters. The summed E-state index contributed by atoms with van der Waals surface area (Å²) in [5.74, 6) is 0. The van der Waals surface area contributed by atoms with Crippen LogP contribution in [0.1, 0.15) is 20.8 Å². The van der Waals surface area contributed by atoms with Gasteiger partial charge < -0.3 is 9.55 Å². The second kappa shape index (κ2) is 6.39. The van der Waals surface area contributed by atoms with Gasteiger partial charge in [0.25, 0.3) is 0 Å². The average molecular weight is 403 g/mol. The van der Waals surface area contributed by atoms with Crippen LogP contribution in [0, 0.1) is 0 Å². The molecule has 1 N–H and O–H groups in total. The monoisotopic (exact) mass is 402 g/mol. The molecule has 7 heteroatoms. The van der Waals surface area contributed by atoms with Gasteiger partial charge in [0.1, 0.15) is 5.52 Å². The van der Waals surface area contributed by atoms with Crippen LogP contribution in [0.25, 0.3) is 44.6 Å². The predicted octanol–water partition coefficient (Wildman–Crippen LogP) is 5.45. The van der Waals surface area contributed by atoms with Gasteiger partial charge in [0.15, 0.2) is 5.65 Å². The summed E-state index contributed by atoms with van der Waals surface area (Å²) in [7, 11) is 0. The van der Waals surface area contributed by atoms with Crippen LogP contribution in [-0.4, -0.2) is 29.5 Å². The number of fused-ring (bicyclic) bond motifs is 2. The van der Waals surface area contributed by atoms with Crippen molar-refractivity contribution in [2.75, 3.05) is 0 Å². The summed E-state index contributed by atoms with van der Waals surface area (Å²) in [6.07, 6.45) is 8.92. The van der Waals surface area contributed by atoms with Crippen molar-refractivity contribution < 1.29 is 0 Å². The number of aromatic nitrogens is 6. The van der Waals surface area contributed by atoms with Crippen LogP contribution in [0.2, 0.25) is 5.02 Å². The summed E-state index contributed by atoms with van der Waals surface area (Å²) in [6.45, 7) is 6.51. The van der Waals surface area contributed by atoms with Gasteiger partial charge in [-0.1, -0.05) is 17.7 Å². The highest BCUT2D eigenvalue weighted by atomic mass is 35.5. The summed E-state index contributed by atoms with van der Waals surface area (Å²) in [5, 5.41) is 0.569. The Morgan fingerprint density at radius 2 is 1.86 bits per heavy atom. The van der Waals surface area contributed by atoms with Crippen LogP contribution in [0.4, 0.5) is 0 Å². The van der Waals surface area contributed by atoms with Gasteiger partial charge >= 0.3 is 0 Å². The van der Waals surface area contributed by atoms with E-state index in [0.717, 1.165) is 44.6 Å². The summed E-state index contributed by atoms with van der Waals surface area (Å²) < 4.78 is 2.19. The minimum absolute atomic E-state index is 0.0554. The van der Waals surface area contributed by atoms with Gasteiger partial charge in [0, 0.05) is 35.3 Å². The Hall–Kier alpha value is -3.25. The zero-order chi connectivity index (χ0) is 20.2. The minimum Gasteiger partial charge on any atom is -0.344 e. The molecule has 0 spiro atoms. The molecule has 0 saturated carbocycles. The fraction of sp³-hybridized carbons (Fsp3) is 0.182. The fourth-order valence-corrected chi connectivity index (χ4v) is 3.69. The number of hydrogen-bond donors (Lipinski definition) is 1. The van der Waals surface area contributed by atoms with Gasteiger partial charge in [-0.25, -0.2) is 15.0 Å². The first-order valence-corrected chi connectivity index (χ1v) is 9.71. The zero-order valence-corrected chi connectivity index (χ0v) is 17.1. The molecule has 0 saturated heterocycles. The molecule has 5 rings (SSSR count). The number of nitrogens with one attached hydrogen (secondary N) is 1. The van der Waals surface area contributed by atoms with E-state index in [-0.39, 0.29) is 5.54 Å². The van der Waals surface area contributed by atoms with Crippen LogP contribution in [-0.2, 0) is 5.54 Å². The Morgan fingerprint density at radius 3 is 2.66 bits per heavy atom. The molecular formula is C22H19ClN6. The van der Waals surface area contributed by atoms with Crippen molar-refractivity contribution >= 4 is 33.8 Å². The highest BCUT2D eigenvalue weighted by Crippen LogP contribution is 2.32. The van der Waals surface area contributed by atoms with Crippen LogP contribution in [0.15, 0.2) is 55.4 Å². The first-order valence-electron chi connectivity index (χ1n) is 9.33. The SMILES string of the molecule is CC(C)(C)n1cnc2ccc(-c3c[nH]c4ncc(-c5cncc(Cl)c5)nc34)cc21. The lowest BCUT2D eigenvalue weighted by molar-refractivity contribution is 0.408. The lowest BCUT2D eigenvalue weighted by Crippen LogP contribution is -2.20.